The molecule has 2 heterocycles. The molecule has 3 rings (SSSR count). The maximum Gasteiger partial charge on any atom is 0.229 e. The third kappa shape index (κ3) is 5.00. The van der Waals surface area contributed by atoms with Gasteiger partial charge in [-0.15, -0.1) is 12.4 Å². The summed E-state index contributed by atoms with van der Waals surface area (Å²) in [6, 6.07) is 10.3. The van der Waals surface area contributed by atoms with Crippen LogP contribution in [0.3, 0.4) is 0 Å². The molecule has 0 amide bonds. The highest BCUT2D eigenvalue weighted by atomic mass is 35.5. The number of rotatable bonds is 6. The highest BCUT2D eigenvalue weighted by Crippen LogP contribution is 2.17. The van der Waals surface area contributed by atoms with Crippen LogP contribution in [0.15, 0.2) is 34.9 Å². The van der Waals surface area contributed by atoms with Crippen LogP contribution in [-0.2, 0) is 17.8 Å². The number of nitrogens with zero attached hydrogens (tertiary/aromatic N) is 3. The van der Waals surface area contributed by atoms with E-state index in [1.54, 1.807) is 0 Å². The summed E-state index contributed by atoms with van der Waals surface area (Å²) in [7, 11) is 2.09. The Labute approximate surface area is 142 Å². The molecule has 1 saturated heterocycles. The Morgan fingerprint density at radius 2 is 2.17 bits per heavy atom. The molecule has 1 fully saturated rings. The molecule has 6 nitrogen and oxygen atoms in total. The zero-order chi connectivity index (χ0) is 15.2. The fourth-order valence-corrected chi connectivity index (χ4v) is 2.52. The molecule has 126 valence electrons. The van der Waals surface area contributed by atoms with E-state index < -0.39 is 0 Å². The Kier molecular flexibility index (Phi) is 6.98. The van der Waals surface area contributed by atoms with Crippen molar-refractivity contribution < 1.29 is 9.26 Å². The maximum atomic E-state index is 5.65. The highest BCUT2D eigenvalue weighted by molar-refractivity contribution is 5.85. The van der Waals surface area contributed by atoms with Gasteiger partial charge in [-0.2, -0.15) is 4.98 Å². The standard InChI is InChI=1S/C16H22N4O2.ClH/c1-20-9-8-17-11-14(20)16-18-15(22-19-16)7-10-21-12-13-5-3-2-4-6-13;/h2-6,14,17H,7-12H2,1H3;1H. The third-order valence-electron chi connectivity index (χ3n) is 3.86. The van der Waals surface area contributed by atoms with Crippen molar-refractivity contribution in [2.24, 2.45) is 0 Å². The lowest BCUT2D eigenvalue weighted by Crippen LogP contribution is -2.44. The monoisotopic (exact) mass is 338 g/mol. The largest absolute Gasteiger partial charge is 0.376 e. The van der Waals surface area contributed by atoms with Gasteiger partial charge in [0.05, 0.1) is 25.7 Å². The minimum atomic E-state index is 0. The van der Waals surface area contributed by atoms with Gasteiger partial charge < -0.3 is 14.6 Å². The first-order valence-electron chi connectivity index (χ1n) is 7.68. The van der Waals surface area contributed by atoms with E-state index >= 15 is 0 Å². The molecule has 7 heteroatoms. The van der Waals surface area contributed by atoms with E-state index in [2.05, 4.69) is 39.5 Å². The summed E-state index contributed by atoms with van der Waals surface area (Å²) in [4.78, 5) is 6.74. The van der Waals surface area contributed by atoms with Crippen molar-refractivity contribution in [2.75, 3.05) is 33.3 Å². The number of benzene rings is 1. The van der Waals surface area contributed by atoms with E-state index in [4.69, 9.17) is 9.26 Å². The number of hydrogen-bond donors (Lipinski definition) is 1. The second-order valence-electron chi connectivity index (χ2n) is 5.54. The van der Waals surface area contributed by atoms with E-state index in [0.717, 1.165) is 25.5 Å². The summed E-state index contributed by atoms with van der Waals surface area (Å²) in [5, 5.41) is 7.46. The zero-order valence-electron chi connectivity index (χ0n) is 13.3. The molecule has 0 radical (unpaired) electrons. The van der Waals surface area contributed by atoms with Crippen LogP contribution in [0.25, 0.3) is 0 Å². The second kappa shape index (κ2) is 8.98. The molecule has 1 unspecified atom stereocenters. The van der Waals surface area contributed by atoms with Crippen molar-refractivity contribution in [2.45, 2.75) is 19.1 Å². The minimum Gasteiger partial charge on any atom is -0.376 e. The van der Waals surface area contributed by atoms with Crippen molar-refractivity contribution in [3.63, 3.8) is 0 Å². The predicted octanol–water partition coefficient (Wildman–Crippen LogP) is 1.83. The Balaban J connectivity index is 0.00000192. The lowest BCUT2D eigenvalue weighted by atomic mass is 10.2. The molecule has 0 bridgehead atoms. The Hall–Kier alpha value is -1.47. The Morgan fingerprint density at radius 3 is 2.96 bits per heavy atom. The van der Waals surface area contributed by atoms with Crippen LogP contribution >= 0.6 is 12.4 Å². The number of likely N-dealkylation sites (N-methyl/N-ethyl adjacent to an activating group) is 1. The molecule has 0 aliphatic carbocycles. The lowest BCUT2D eigenvalue weighted by Gasteiger charge is -2.30. The molecule has 1 aliphatic heterocycles. The molecule has 1 atom stereocenters. The van der Waals surface area contributed by atoms with Crippen molar-refractivity contribution in [3.05, 3.63) is 47.6 Å². The van der Waals surface area contributed by atoms with Crippen LogP contribution in [0.4, 0.5) is 0 Å². The summed E-state index contributed by atoms with van der Waals surface area (Å²) in [5.41, 5.74) is 1.17. The smallest absolute Gasteiger partial charge is 0.229 e. The maximum absolute atomic E-state index is 5.65. The SMILES string of the molecule is CN1CCNCC1c1noc(CCOCc2ccccc2)n1.Cl. The summed E-state index contributed by atoms with van der Waals surface area (Å²) in [5.74, 6) is 1.40. The van der Waals surface area contributed by atoms with Gasteiger partial charge in [0.2, 0.25) is 5.89 Å². The minimum absolute atomic E-state index is 0. The van der Waals surface area contributed by atoms with E-state index in [1.807, 2.05) is 18.2 Å². The van der Waals surface area contributed by atoms with Crippen LogP contribution in [0.5, 0.6) is 0 Å². The van der Waals surface area contributed by atoms with E-state index in [1.165, 1.54) is 5.56 Å². The molecule has 2 aromatic rings. The zero-order valence-corrected chi connectivity index (χ0v) is 14.1. The van der Waals surface area contributed by atoms with Gasteiger partial charge in [-0.3, -0.25) is 4.90 Å². The van der Waals surface area contributed by atoms with Gasteiger partial charge >= 0.3 is 0 Å². The molecular weight excluding hydrogens is 316 g/mol. The summed E-state index contributed by atoms with van der Waals surface area (Å²) < 4.78 is 11.0. The number of piperazine rings is 1. The first-order valence-corrected chi connectivity index (χ1v) is 7.68. The first kappa shape index (κ1) is 17.9. The molecule has 0 saturated carbocycles. The van der Waals surface area contributed by atoms with Crippen LogP contribution in [0, 0.1) is 0 Å². The molecule has 0 spiro atoms. The number of nitrogens with one attached hydrogen (secondary N) is 1. The topological polar surface area (TPSA) is 63.4 Å². The van der Waals surface area contributed by atoms with Crippen LogP contribution in [-0.4, -0.2) is 48.3 Å². The Bertz CT molecular complexity index is 578. The predicted molar refractivity (Wildman–Crippen MR) is 89.6 cm³/mol. The number of halogens is 1. The molecule has 1 aliphatic rings. The molecule has 23 heavy (non-hydrogen) atoms. The summed E-state index contributed by atoms with van der Waals surface area (Å²) in [6.45, 7) is 4.05. The summed E-state index contributed by atoms with van der Waals surface area (Å²) >= 11 is 0. The van der Waals surface area contributed by atoms with E-state index in [9.17, 15) is 0 Å². The van der Waals surface area contributed by atoms with Gasteiger partial charge in [-0.05, 0) is 12.6 Å². The third-order valence-corrected chi connectivity index (χ3v) is 3.86. The number of hydrogen-bond acceptors (Lipinski definition) is 6. The summed E-state index contributed by atoms with van der Waals surface area (Å²) in [6.07, 6.45) is 0.643. The Morgan fingerprint density at radius 1 is 1.35 bits per heavy atom. The quantitative estimate of drug-likeness (QED) is 0.811. The normalized spacial score (nSPS) is 18.6. The van der Waals surface area contributed by atoms with Crippen molar-refractivity contribution in [1.29, 1.82) is 0 Å². The van der Waals surface area contributed by atoms with Crippen molar-refractivity contribution >= 4 is 12.4 Å². The fourth-order valence-electron chi connectivity index (χ4n) is 2.52. The van der Waals surface area contributed by atoms with Crippen LogP contribution in [0.1, 0.15) is 23.3 Å². The van der Waals surface area contributed by atoms with Gasteiger partial charge in [0, 0.05) is 19.6 Å². The molecule has 1 N–H and O–H groups in total. The van der Waals surface area contributed by atoms with Gasteiger partial charge in [-0.1, -0.05) is 35.5 Å². The first-order chi connectivity index (χ1) is 10.8. The number of ether oxygens (including phenoxy) is 1. The second-order valence-corrected chi connectivity index (χ2v) is 5.54. The average molecular weight is 339 g/mol. The molecule has 1 aromatic heterocycles. The van der Waals surface area contributed by atoms with Gasteiger partial charge in [0.25, 0.3) is 0 Å². The van der Waals surface area contributed by atoms with Crippen LogP contribution < -0.4 is 5.32 Å². The van der Waals surface area contributed by atoms with Crippen molar-refractivity contribution in [3.8, 4) is 0 Å². The van der Waals surface area contributed by atoms with E-state index in [0.29, 0.717) is 25.5 Å². The van der Waals surface area contributed by atoms with Gasteiger partial charge in [0.1, 0.15) is 0 Å². The van der Waals surface area contributed by atoms with Crippen molar-refractivity contribution in [1.82, 2.24) is 20.4 Å². The van der Waals surface area contributed by atoms with Crippen LogP contribution in [0.2, 0.25) is 0 Å². The van der Waals surface area contributed by atoms with Gasteiger partial charge in [-0.25, -0.2) is 0 Å². The number of aromatic nitrogens is 2. The average Bonchev–Trinajstić information content (AvgIpc) is 3.02. The molecule has 1 aromatic carbocycles. The fraction of sp³-hybridized carbons (Fsp3) is 0.500. The van der Waals surface area contributed by atoms with E-state index in [-0.39, 0.29) is 18.4 Å². The highest BCUT2D eigenvalue weighted by Gasteiger charge is 2.25. The van der Waals surface area contributed by atoms with Gasteiger partial charge in [0.15, 0.2) is 5.82 Å². The lowest BCUT2D eigenvalue weighted by molar-refractivity contribution is 0.118. The molecular formula is C16H23ClN4O2.